The van der Waals surface area contributed by atoms with E-state index in [0.29, 0.717) is 29.9 Å². The summed E-state index contributed by atoms with van der Waals surface area (Å²) < 4.78 is 6.27. The van der Waals surface area contributed by atoms with Crippen molar-refractivity contribution in [3.63, 3.8) is 0 Å². The number of nitrogens with one attached hydrogen (secondary N) is 1. The lowest BCUT2D eigenvalue weighted by Crippen LogP contribution is -2.36. The lowest BCUT2D eigenvalue weighted by molar-refractivity contribution is -0.121. The van der Waals surface area contributed by atoms with Crippen molar-refractivity contribution in [2.45, 2.75) is 50.3 Å². The Morgan fingerprint density at radius 2 is 2.16 bits per heavy atom. The molecule has 5 nitrogen and oxygen atoms in total. The number of nitrogens with zero attached hydrogens (tertiary/aromatic N) is 2. The molecule has 0 bridgehead atoms. The van der Waals surface area contributed by atoms with Gasteiger partial charge in [0.05, 0.1) is 5.75 Å². The molecule has 7 heteroatoms. The Morgan fingerprint density at radius 3 is 2.96 bits per heavy atom. The Hall–Kier alpha value is -1.34. The van der Waals surface area contributed by atoms with Gasteiger partial charge in [0, 0.05) is 28.3 Å². The Balaban J connectivity index is 1.38. The Morgan fingerprint density at radius 1 is 1.32 bits per heavy atom. The van der Waals surface area contributed by atoms with Gasteiger partial charge in [0.25, 0.3) is 0 Å². The number of rotatable bonds is 7. The molecule has 1 heterocycles. The van der Waals surface area contributed by atoms with E-state index in [2.05, 4.69) is 31.4 Å². The van der Waals surface area contributed by atoms with E-state index in [4.69, 9.17) is 4.52 Å². The summed E-state index contributed by atoms with van der Waals surface area (Å²) in [4.78, 5) is 16.4. The quantitative estimate of drug-likeness (QED) is 0.660. The van der Waals surface area contributed by atoms with Gasteiger partial charge in [0.1, 0.15) is 0 Å². The van der Waals surface area contributed by atoms with Crippen molar-refractivity contribution >= 4 is 33.6 Å². The molecule has 1 amide bonds. The molecule has 0 saturated heterocycles. The third-order valence-electron chi connectivity index (χ3n) is 4.22. The van der Waals surface area contributed by atoms with Crippen LogP contribution in [0.15, 0.2) is 33.3 Å². The average molecular weight is 424 g/mol. The van der Waals surface area contributed by atoms with Crippen molar-refractivity contribution in [3.05, 3.63) is 34.6 Å². The van der Waals surface area contributed by atoms with Crippen LogP contribution in [0.5, 0.6) is 0 Å². The Bertz CT molecular complexity index is 701. The summed E-state index contributed by atoms with van der Waals surface area (Å²) in [5, 5.41) is 7.16. The summed E-state index contributed by atoms with van der Waals surface area (Å²) in [6.45, 7) is 0. The molecule has 0 unspecified atom stereocenters. The van der Waals surface area contributed by atoms with Gasteiger partial charge in [-0.25, -0.2) is 0 Å². The van der Waals surface area contributed by atoms with Crippen molar-refractivity contribution in [2.75, 3.05) is 5.75 Å². The van der Waals surface area contributed by atoms with Gasteiger partial charge in [0.2, 0.25) is 17.6 Å². The smallest absolute Gasteiger partial charge is 0.236 e. The average Bonchev–Trinajstić information content (AvgIpc) is 3.09. The van der Waals surface area contributed by atoms with Crippen molar-refractivity contribution in [2.24, 2.45) is 0 Å². The van der Waals surface area contributed by atoms with Gasteiger partial charge in [-0.3, -0.25) is 4.79 Å². The molecule has 1 aromatic heterocycles. The molecule has 1 aliphatic rings. The van der Waals surface area contributed by atoms with Gasteiger partial charge in [-0.1, -0.05) is 52.5 Å². The van der Waals surface area contributed by atoms with E-state index >= 15 is 0 Å². The standard InChI is InChI=1S/C18H22BrN3O2S/c19-14-6-4-5-13(11-14)18-21-17(24-22-18)12-25-10-9-16(23)20-15-7-2-1-3-8-15/h4-6,11,15H,1-3,7-10,12H2,(H,20,23). The van der Waals surface area contributed by atoms with E-state index in [-0.39, 0.29) is 5.91 Å². The third kappa shape index (κ3) is 5.85. The van der Waals surface area contributed by atoms with E-state index in [1.165, 1.54) is 19.3 Å². The van der Waals surface area contributed by atoms with E-state index in [9.17, 15) is 4.79 Å². The Kier molecular flexibility index (Phi) is 6.93. The molecule has 134 valence electrons. The molecule has 0 radical (unpaired) electrons. The fourth-order valence-corrected chi connectivity index (χ4v) is 4.09. The minimum absolute atomic E-state index is 0.153. The summed E-state index contributed by atoms with van der Waals surface area (Å²) in [6.07, 6.45) is 6.55. The van der Waals surface area contributed by atoms with Crippen molar-refractivity contribution in [3.8, 4) is 11.4 Å². The molecule has 0 aliphatic heterocycles. The zero-order valence-corrected chi connectivity index (χ0v) is 16.4. The van der Waals surface area contributed by atoms with Crippen molar-refractivity contribution in [1.82, 2.24) is 15.5 Å². The summed E-state index contributed by atoms with van der Waals surface area (Å²) in [7, 11) is 0. The first-order chi connectivity index (χ1) is 12.2. The van der Waals surface area contributed by atoms with E-state index in [1.807, 2.05) is 24.3 Å². The van der Waals surface area contributed by atoms with E-state index < -0.39 is 0 Å². The highest BCUT2D eigenvalue weighted by Gasteiger charge is 2.15. The molecule has 1 aromatic carbocycles. The number of carbonyl (C=O) groups excluding carboxylic acids is 1. The van der Waals surface area contributed by atoms with Gasteiger partial charge in [-0.15, -0.1) is 0 Å². The van der Waals surface area contributed by atoms with Gasteiger partial charge in [-0.2, -0.15) is 16.7 Å². The van der Waals surface area contributed by atoms with E-state index in [0.717, 1.165) is 28.6 Å². The summed E-state index contributed by atoms with van der Waals surface area (Å²) in [5.41, 5.74) is 0.918. The summed E-state index contributed by atoms with van der Waals surface area (Å²) in [5.74, 6) is 2.71. The summed E-state index contributed by atoms with van der Waals surface area (Å²) in [6, 6.07) is 8.18. The molecule has 1 N–H and O–H groups in total. The predicted octanol–water partition coefficient (Wildman–Crippen LogP) is 4.57. The zero-order valence-electron chi connectivity index (χ0n) is 14.0. The highest BCUT2D eigenvalue weighted by molar-refractivity contribution is 9.10. The monoisotopic (exact) mass is 423 g/mol. The van der Waals surface area contributed by atoms with Crippen LogP contribution >= 0.6 is 27.7 Å². The molecule has 0 spiro atoms. The second-order valence-electron chi connectivity index (χ2n) is 6.23. The van der Waals surface area contributed by atoms with Crippen LogP contribution in [-0.2, 0) is 10.5 Å². The first-order valence-electron chi connectivity index (χ1n) is 8.66. The molecular weight excluding hydrogens is 402 g/mol. The lowest BCUT2D eigenvalue weighted by atomic mass is 9.95. The highest BCUT2D eigenvalue weighted by atomic mass is 79.9. The number of amides is 1. The highest BCUT2D eigenvalue weighted by Crippen LogP contribution is 2.22. The van der Waals surface area contributed by atoms with Gasteiger partial charge >= 0.3 is 0 Å². The fraction of sp³-hybridized carbons (Fsp3) is 0.500. The molecule has 1 saturated carbocycles. The molecule has 2 aromatic rings. The largest absolute Gasteiger partial charge is 0.353 e. The Labute approximate surface area is 160 Å². The van der Waals surface area contributed by atoms with Crippen LogP contribution < -0.4 is 5.32 Å². The van der Waals surface area contributed by atoms with Gasteiger partial charge in [-0.05, 0) is 25.0 Å². The number of carbonyl (C=O) groups is 1. The minimum atomic E-state index is 0.153. The molecule has 1 fully saturated rings. The normalized spacial score (nSPS) is 15.2. The SMILES string of the molecule is O=C(CCSCc1nc(-c2cccc(Br)c2)no1)NC1CCCCC1. The second-order valence-corrected chi connectivity index (χ2v) is 8.25. The third-order valence-corrected chi connectivity index (χ3v) is 5.66. The number of hydrogen-bond donors (Lipinski definition) is 1. The zero-order chi connectivity index (χ0) is 17.5. The van der Waals surface area contributed by atoms with Crippen molar-refractivity contribution < 1.29 is 9.32 Å². The first kappa shape index (κ1) is 18.5. The van der Waals surface area contributed by atoms with Crippen LogP contribution in [-0.4, -0.2) is 27.8 Å². The van der Waals surface area contributed by atoms with Gasteiger partial charge < -0.3 is 9.84 Å². The number of benzene rings is 1. The van der Waals surface area contributed by atoms with Crippen LogP contribution in [0.1, 0.15) is 44.4 Å². The number of aromatic nitrogens is 2. The fourth-order valence-electron chi connectivity index (χ4n) is 2.93. The molecular formula is C18H22BrN3O2S. The lowest BCUT2D eigenvalue weighted by Gasteiger charge is -2.22. The first-order valence-corrected chi connectivity index (χ1v) is 10.6. The van der Waals surface area contributed by atoms with Crippen LogP contribution in [0, 0.1) is 0 Å². The molecule has 1 aliphatic carbocycles. The van der Waals surface area contributed by atoms with Crippen LogP contribution in [0.2, 0.25) is 0 Å². The van der Waals surface area contributed by atoms with E-state index in [1.54, 1.807) is 11.8 Å². The number of thioether (sulfide) groups is 1. The summed E-state index contributed by atoms with van der Waals surface area (Å²) >= 11 is 5.08. The maximum Gasteiger partial charge on any atom is 0.236 e. The topological polar surface area (TPSA) is 68.0 Å². The number of halogens is 1. The van der Waals surface area contributed by atoms with Crippen LogP contribution in [0.25, 0.3) is 11.4 Å². The minimum Gasteiger partial charge on any atom is -0.353 e. The van der Waals surface area contributed by atoms with Crippen LogP contribution in [0.4, 0.5) is 0 Å². The molecule has 3 rings (SSSR count). The second kappa shape index (κ2) is 9.38. The predicted molar refractivity (Wildman–Crippen MR) is 103 cm³/mol. The molecule has 0 atom stereocenters. The van der Waals surface area contributed by atoms with Crippen LogP contribution in [0.3, 0.4) is 0 Å². The maximum atomic E-state index is 12.0. The van der Waals surface area contributed by atoms with Gasteiger partial charge in [0.15, 0.2) is 0 Å². The maximum absolute atomic E-state index is 12.0. The van der Waals surface area contributed by atoms with Crippen molar-refractivity contribution in [1.29, 1.82) is 0 Å². The molecule has 25 heavy (non-hydrogen) atoms. The number of hydrogen-bond acceptors (Lipinski definition) is 5.